The third-order valence-electron chi connectivity index (χ3n) is 6.32. The van der Waals surface area contributed by atoms with Crippen LogP contribution < -0.4 is 5.32 Å². The molecule has 10 heteroatoms. The fourth-order valence-corrected chi connectivity index (χ4v) is 4.70. The maximum atomic E-state index is 12.6. The predicted octanol–water partition coefficient (Wildman–Crippen LogP) is 3.37. The normalized spacial score (nSPS) is 17.8. The van der Waals surface area contributed by atoms with Crippen molar-refractivity contribution >= 4 is 28.4 Å². The van der Waals surface area contributed by atoms with Gasteiger partial charge in [0.25, 0.3) is 0 Å². The first-order valence-corrected chi connectivity index (χ1v) is 10.2. The molecule has 1 N–H and O–H groups in total. The summed E-state index contributed by atoms with van der Waals surface area (Å²) in [5.41, 5.74) is 1.62. The number of hydrogen-bond acceptors (Lipinski definition) is 4. The highest BCUT2D eigenvalue weighted by Crippen LogP contribution is 2.52. The molecule has 166 valence electrons. The summed E-state index contributed by atoms with van der Waals surface area (Å²) in [4.78, 5) is 29.0. The van der Waals surface area contributed by atoms with Crippen molar-refractivity contribution in [2.45, 2.75) is 19.0 Å². The molecule has 0 unspecified atom stereocenters. The van der Waals surface area contributed by atoms with E-state index in [0.29, 0.717) is 18.7 Å². The van der Waals surface area contributed by atoms with Gasteiger partial charge in [-0.3, -0.25) is 14.3 Å². The Balaban J connectivity index is 1.22. The molecule has 32 heavy (non-hydrogen) atoms. The van der Waals surface area contributed by atoms with E-state index in [4.69, 9.17) is 0 Å². The SMILES string of the molecule is Cn1cc(-c2ccc3cnc(NC(=O)C4CC5(C4)CN(C(=O)C(F)(F)F)C5)cc3c2)cn1. The molecular formula is C22H20F3N5O2. The highest BCUT2D eigenvalue weighted by Gasteiger charge is 2.58. The van der Waals surface area contributed by atoms with Crippen LogP contribution in [0, 0.1) is 11.3 Å². The Morgan fingerprint density at radius 3 is 2.50 bits per heavy atom. The Bertz CT molecular complexity index is 1220. The number of hydrogen-bond donors (Lipinski definition) is 1. The average Bonchev–Trinajstić information content (AvgIpc) is 3.10. The van der Waals surface area contributed by atoms with E-state index in [1.807, 2.05) is 31.4 Å². The van der Waals surface area contributed by atoms with Gasteiger partial charge in [-0.2, -0.15) is 18.3 Å². The van der Waals surface area contributed by atoms with E-state index in [-0.39, 0.29) is 30.3 Å². The summed E-state index contributed by atoms with van der Waals surface area (Å²) >= 11 is 0. The molecule has 2 aromatic heterocycles. The number of halogens is 3. The van der Waals surface area contributed by atoms with Crippen LogP contribution in [-0.2, 0) is 16.6 Å². The molecular weight excluding hydrogens is 423 g/mol. The first-order valence-electron chi connectivity index (χ1n) is 10.2. The summed E-state index contributed by atoms with van der Waals surface area (Å²) < 4.78 is 39.3. The standard InChI is InChI=1S/C22H20F3N5O2/c1-29-10-17(9-27-29)13-2-3-14-8-26-18(5-15(14)4-13)28-19(31)16-6-21(7-16)11-30(12-21)20(32)22(23,24)25/h2-5,8-10,16H,6-7,11-12H2,1H3,(H,26,28,31). The Labute approximate surface area is 181 Å². The van der Waals surface area contributed by atoms with E-state index < -0.39 is 12.1 Å². The maximum Gasteiger partial charge on any atom is 0.471 e. The van der Waals surface area contributed by atoms with Crippen molar-refractivity contribution in [2.75, 3.05) is 18.4 Å². The number of carbonyl (C=O) groups is 2. The van der Waals surface area contributed by atoms with Gasteiger partial charge >= 0.3 is 12.1 Å². The van der Waals surface area contributed by atoms with E-state index in [1.165, 1.54) is 0 Å². The van der Waals surface area contributed by atoms with Gasteiger partial charge in [0.1, 0.15) is 5.82 Å². The van der Waals surface area contributed by atoms with Crippen molar-refractivity contribution in [3.8, 4) is 11.1 Å². The second kappa shape index (κ2) is 7.04. The number of pyridine rings is 1. The van der Waals surface area contributed by atoms with Crippen LogP contribution in [0.15, 0.2) is 42.9 Å². The van der Waals surface area contributed by atoms with Crippen LogP contribution in [0.25, 0.3) is 21.9 Å². The van der Waals surface area contributed by atoms with E-state index in [1.54, 1.807) is 23.1 Å². The summed E-state index contributed by atoms with van der Waals surface area (Å²) in [5.74, 6) is -1.87. The quantitative estimate of drug-likeness (QED) is 0.673. The number of likely N-dealkylation sites (tertiary alicyclic amines) is 1. The van der Waals surface area contributed by atoms with Gasteiger partial charge in [0.05, 0.1) is 6.20 Å². The zero-order valence-corrected chi connectivity index (χ0v) is 17.2. The largest absolute Gasteiger partial charge is 0.471 e. The minimum atomic E-state index is -4.85. The van der Waals surface area contributed by atoms with Crippen LogP contribution in [0.5, 0.6) is 0 Å². The van der Waals surface area contributed by atoms with Crippen molar-refractivity contribution in [1.29, 1.82) is 0 Å². The highest BCUT2D eigenvalue weighted by atomic mass is 19.4. The molecule has 0 radical (unpaired) electrons. The molecule has 1 saturated carbocycles. The second-order valence-corrected chi connectivity index (χ2v) is 8.79. The molecule has 2 fully saturated rings. The van der Waals surface area contributed by atoms with Crippen LogP contribution in [0.1, 0.15) is 12.8 Å². The number of carbonyl (C=O) groups excluding carboxylic acids is 2. The van der Waals surface area contributed by atoms with Crippen LogP contribution in [0.4, 0.5) is 19.0 Å². The monoisotopic (exact) mass is 443 g/mol. The van der Waals surface area contributed by atoms with Crippen molar-refractivity contribution in [3.63, 3.8) is 0 Å². The zero-order chi connectivity index (χ0) is 22.7. The molecule has 1 aromatic carbocycles. The minimum Gasteiger partial charge on any atom is -0.334 e. The van der Waals surface area contributed by atoms with Gasteiger partial charge in [-0.25, -0.2) is 4.98 Å². The van der Waals surface area contributed by atoms with Crippen molar-refractivity contribution in [3.05, 3.63) is 42.9 Å². The number of aromatic nitrogens is 3. The minimum absolute atomic E-state index is 0.0560. The number of anilines is 1. The fraction of sp³-hybridized carbons (Fsp3) is 0.364. The second-order valence-electron chi connectivity index (χ2n) is 8.79. The average molecular weight is 443 g/mol. The predicted molar refractivity (Wildman–Crippen MR) is 110 cm³/mol. The topological polar surface area (TPSA) is 80.1 Å². The summed E-state index contributed by atoms with van der Waals surface area (Å²) in [6.07, 6.45) is 1.48. The van der Waals surface area contributed by atoms with E-state index in [0.717, 1.165) is 26.8 Å². The molecule has 1 saturated heterocycles. The number of aryl methyl sites for hydroxylation is 1. The smallest absolute Gasteiger partial charge is 0.334 e. The summed E-state index contributed by atoms with van der Waals surface area (Å²) in [6, 6.07) is 7.74. The molecule has 0 atom stereocenters. The number of benzene rings is 1. The number of rotatable bonds is 3. The van der Waals surface area contributed by atoms with Gasteiger partial charge in [0.15, 0.2) is 0 Å². The van der Waals surface area contributed by atoms with Gasteiger partial charge in [-0.15, -0.1) is 0 Å². The van der Waals surface area contributed by atoms with Crippen LogP contribution >= 0.6 is 0 Å². The molecule has 7 nitrogen and oxygen atoms in total. The molecule has 1 aliphatic carbocycles. The third kappa shape index (κ3) is 3.59. The van der Waals surface area contributed by atoms with Gasteiger partial charge in [0, 0.05) is 54.8 Å². The van der Waals surface area contributed by atoms with E-state index in [9.17, 15) is 22.8 Å². The van der Waals surface area contributed by atoms with Gasteiger partial charge in [-0.1, -0.05) is 12.1 Å². The lowest BCUT2D eigenvalue weighted by Gasteiger charge is -2.58. The molecule has 0 bridgehead atoms. The van der Waals surface area contributed by atoms with Crippen molar-refractivity contribution in [1.82, 2.24) is 19.7 Å². The Kier molecular flexibility index (Phi) is 4.51. The van der Waals surface area contributed by atoms with Crippen molar-refractivity contribution < 1.29 is 22.8 Å². The number of nitrogens with zero attached hydrogens (tertiary/aromatic N) is 4. The summed E-state index contributed by atoms with van der Waals surface area (Å²) in [6.45, 7) is 0.112. The van der Waals surface area contributed by atoms with Crippen LogP contribution in [0.2, 0.25) is 0 Å². The molecule has 3 aromatic rings. The van der Waals surface area contributed by atoms with E-state index >= 15 is 0 Å². The zero-order valence-electron chi connectivity index (χ0n) is 17.2. The first-order chi connectivity index (χ1) is 15.1. The third-order valence-corrected chi connectivity index (χ3v) is 6.32. The number of amides is 2. The maximum absolute atomic E-state index is 12.6. The summed E-state index contributed by atoms with van der Waals surface area (Å²) in [5, 5.41) is 8.85. The Morgan fingerprint density at radius 2 is 1.84 bits per heavy atom. The summed E-state index contributed by atoms with van der Waals surface area (Å²) in [7, 11) is 1.85. The highest BCUT2D eigenvalue weighted by molar-refractivity contribution is 5.95. The lowest BCUT2D eigenvalue weighted by Crippen LogP contribution is -2.66. The molecule has 2 amide bonds. The molecule has 1 aliphatic heterocycles. The Morgan fingerprint density at radius 1 is 1.09 bits per heavy atom. The lowest BCUT2D eigenvalue weighted by molar-refractivity contribution is -0.203. The molecule has 3 heterocycles. The number of nitrogens with one attached hydrogen (secondary N) is 1. The van der Waals surface area contributed by atoms with Gasteiger partial charge in [0.2, 0.25) is 5.91 Å². The molecule has 2 aliphatic rings. The number of fused-ring (bicyclic) bond motifs is 1. The fourth-order valence-electron chi connectivity index (χ4n) is 4.70. The first kappa shape index (κ1) is 20.5. The molecule has 5 rings (SSSR count). The lowest BCUT2D eigenvalue weighted by atomic mass is 9.57. The van der Waals surface area contributed by atoms with Gasteiger partial charge < -0.3 is 10.2 Å². The Hall–Kier alpha value is -3.43. The van der Waals surface area contributed by atoms with Gasteiger partial charge in [-0.05, 0) is 35.9 Å². The van der Waals surface area contributed by atoms with Crippen molar-refractivity contribution in [2.24, 2.45) is 18.4 Å². The van der Waals surface area contributed by atoms with E-state index in [2.05, 4.69) is 15.4 Å². The van der Waals surface area contributed by atoms with Crippen LogP contribution in [-0.4, -0.2) is 50.7 Å². The molecule has 1 spiro atoms. The number of alkyl halides is 3. The van der Waals surface area contributed by atoms with Crippen LogP contribution in [0.3, 0.4) is 0 Å².